The van der Waals surface area contributed by atoms with Gasteiger partial charge in [0.2, 0.25) is 0 Å². The topological polar surface area (TPSA) is 9.72 Å². The van der Waals surface area contributed by atoms with E-state index in [1.807, 2.05) is 0 Å². The van der Waals surface area contributed by atoms with Crippen LogP contribution in [-0.4, -0.2) is 56.3 Å². The van der Waals surface area contributed by atoms with Gasteiger partial charge in [0.15, 0.2) is 9.84 Å². The summed E-state index contributed by atoms with van der Waals surface area (Å²) in [4.78, 5) is 2.58. The van der Waals surface area contributed by atoms with Gasteiger partial charge in [-0.15, -0.1) is 0 Å². The molecule has 0 amide bonds. The Morgan fingerprint density at radius 1 is 1.11 bits per heavy atom. The lowest BCUT2D eigenvalue weighted by Gasteiger charge is -2.58. The molecule has 106 valence electrons. The normalized spacial score (nSPS) is 29.0. The Kier molecular flexibility index (Phi) is 5.67. The van der Waals surface area contributed by atoms with E-state index in [2.05, 4.69) is 34.9 Å². The van der Waals surface area contributed by atoms with Gasteiger partial charge in [0.25, 0.3) is 0 Å². The Labute approximate surface area is 115 Å². The zero-order valence-corrected chi connectivity index (χ0v) is 14.0. The Bertz CT molecular complexity index is 235. The molecule has 18 heavy (non-hydrogen) atoms. The van der Waals surface area contributed by atoms with Crippen LogP contribution in [0.4, 0.5) is 0 Å². The van der Waals surface area contributed by atoms with E-state index in [4.69, 9.17) is 0 Å². The van der Waals surface area contributed by atoms with Crippen LogP contribution in [0.15, 0.2) is 0 Å². The predicted octanol–water partition coefficient (Wildman–Crippen LogP) is 1.97. The van der Waals surface area contributed by atoms with Crippen LogP contribution in [0.1, 0.15) is 58.8 Å². The van der Waals surface area contributed by atoms with Crippen LogP contribution in [0.5, 0.6) is 0 Å². The van der Waals surface area contributed by atoms with Crippen molar-refractivity contribution >= 4 is 9.84 Å². The van der Waals surface area contributed by atoms with Gasteiger partial charge >= 0.3 is 0 Å². The minimum Gasteiger partial charge on any atom is -0.289 e. The standard InChI is InChI=1S/C14H31N3Si/c1-4-11-15(3)14-16(12-5-2)18-17(14)13-9-7-6-8-10-13/h13-14H,4-12,18H2,1-3H3. The van der Waals surface area contributed by atoms with E-state index in [1.54, 1.807) is 0 Å². The quantitative estimate of drug-likeness (QED) is 0.683. The van der Waals surface area contributed by atoms with Gasteiger partial charge in [0.1, 0.15) is 6.29 Å². The van der Waals surface area contributed by atoms with Crippen LogP contribution in [0.3, 0.4) is 0 Å². The van der Waals surface area contributed by atoms with Gasteiger partial charge in [-0.2, -0.15) is 0 Å². The van der Waals surface area contributed by atoms with Gasteiger partial charge in [-0.25, -0.2) is 0 Å². The lowest BCUT2D eigenvalue weighted by atomic mass is 9.95. The zero-order valence-electron chi connectivity index (χ0n) is 12.6. The summed E-state index contributed by atoms with van der Waals surface area (Å²) in [6.45, 7) is 7.16. The largest absolute Gasteiger partial charge is 0.289 e. The molecule has 0 bridgehead atoms. The van der Waals surface area contributed by atoms with Gasteiger partial charge in [-0.1, -0.05) is 33.1 Å². The molecule has 2 aliphatic rings. The van der Waals surface area contributed by atoms with Crippen LogP contribution < -0.4 is 0 Å². The number of nitrogens with zero attached hydrogens (tertiary/aromatic N) is 3. The maximum atomic E-state index is 2.89. The fourth-order valence-electron chi connectivity index (χ4n) is 3.66. The molecule has 0 aromatic rings. The van der Waals surface area contributed by atoms with Crippen LogP contribution in [0.25, 0.3) is 0 Å². The van der Waals surface area contributed by atoms with Crippen LogP contribution in [0.2, 0.25) is 0 Å². The van der Waals surface area contributed by atoms with E-state index in [-0.39, 0.29) is 9.84 Å². The fraction of sp³-hybridized carbons (Fsp3) is 1.00. The number of hydrogen-bond acceptors (Lipinski definition) is 3. The summed E-state index contributed by atoms with van der Waals surface area (Å²) >= 11 is 0. The highest BCUT2D eigenvalue weighted by molar-refractivity contribution is 6.32. The SMILES string of the molecule is CCCN(C)C1N(CCC)[SiH2]N1C1CCCCC1. The first-order chi connectivity index (χ1) is 8.77. The van der Waals surface area contributed by atoms with Crippen molar-refractivity contribution in [1.29, 1.82) is 0 Å². The molecule has 2 rings (SSSR count). The zero-order chi connectivity index (χ0) is 13.0. The molecule has 3 nitrogen and oxygen atoms in total. The first-order valence-corrected chi connectivity index (χ1v) is 9.24. The highest BCUT2D eigenvalue weighted by Crippen LogP contribution is 2.30. The van der Waals surface area contributed by atoms with Crippen LogP contribution in [0, 0.1) is 0 Å². The Morgan fingerprint density at radius 3 is 2.44 bits per heavy atom. The second-order valence-corrected chi connectivity index (χ2v) is 7.91. The molecule has 2 fully saturated rings. The Balaban J connectivity index is 1.92. The third-order valence-electron chi connectivity index (χ3n) is 4.49. The molecule has 1 saturated carbocycles. The monoisotopic (exact) mass is 269 g/mol. The summed E-state index contributed by atoms with van der Waals surface area (Å²) in [5.74, 6) is 0. The molecule has 0 radical (unpaired) electrons. The summed E-state index contributed by atoms with van der Waals surface area (Å²) in [6.07, 6.45) is 10.6. The molecular formula is C14H31N3Si. The predicted molar refractivity (Wildman–Crippen MR) is 81.0 cm³/mol. The van der Waals surface area contributed by atoms with Crippen molar-refractivity contribution in [2.75, 3.05) is 20.1 Å². The molecule has 0 N–H and O–H groups in total. The third kappa shape index (κ3) is 3.16. The first-order valence-electron chi connectivity index (χ1n) is 7.98. The molecular weight excluding hydrogens is 238 g/mol. The molecule has 0 aromatic heterocycles. The Hall–Kier alpha value is 0.0969. The molecule has 0 spiro atoms. The molecule has 1 atom stereocenters. The van der Waals surface area contributed by atoms with Crippen molar-refractivity contribution in [3.05, 3.63) is 0 Å². The third-order valence-corrected chi connectivity index (χ3v) is 6.67. The van der Waals surface area contributed by atoms with E-state index in [1.165, 1.54) is 58.0 Å². The smallest absolute Gasteiger partial charge is 0.177 e. The summed E-state index contributed by atoms with van der Waals surface area (Å²) in [5, 5.41) is 0. The average molecular weight is 270 g/mol. The van der Waals surface area contributed by atoms with E-state index in [9.17, 15) is 0 Å². The van der Waals surface area contributed by atoms with Crippen LogP contribution in [-0.2, 0) is 0 Å². The summed E-state index contributed by atoms with van der Waals surface area (Å²) in [7, 11) is 2.21. The summed E-state index contributed by atoms with van der Waals surface area (Å²) < 4.78 is 5.68. The minimum absolute atomic E-state index is 0.105. The lowest BCUT2D eigenvalue weighted by molar-refractivity contribution is -0.0563. The number of rotatable bonds is 6. The highest BCUT2D eigenvalue weighted by atomic mass is 28.2. The van der Waals surface area contributed by atoms with Crippen LogP contribution >= 0.6 is 0 Å². The van der Waals surface area contributed by atoms with E-state index >= 15 is 0 Å². The van der Waals surface area contributed by atoms with E-state index < -0.39 is 0 Å². The fourth-order valence-corrected chi connectivity index (χ4v) is 6.12. The molecule has 1 unspecified atom stereocenters. The second kappa shape index (κ2) is 7.03. The van der Waals surface area contributed by atoms with Crippen molar-refractivity contribution in [3.63, 3.8) is 0 Å². The molecule has 0 aromatic carbocycles. The summed E-state index contributed by atoms with van der Waals surface area (Å²) in [5.41, 5.74) is 0. The van der Waals surface area contributed by atoms with Crippen molar-refractivity contribution in [1.82, 2.24) is 14.0 Å². The van der Waals surface area contributed by atoms with Crippen molar-refractivity contribution in [3.8, 4) is 0 Å². The van der Waals surface area contributed by atoms with Gasteiger partial charge < -0.3 is 0 Å². The molecule has 1 aliphatic heterocycles. The summed E-state index contributed by atoms with van der Waals surface area (Å²) in [6, 6.07) is 0.919. The number of hydrogen-bond donors (Lipinski definition) is 0. The Morgan fingerprint density at radius 2 is 1.83 bits per heavy atom. The van der Waals surface area contributed by atoms with E-state index in [0.29, 0.717) is 6.29 Å². The second-order valence-electron chi connectivity index (χ2n) is 6.09. The minimum atomic E-state index is -0.105. The van der Waals surface area contributed by atoms with Crippen molar-refractivity contribution in [2.24, 2.45) is 0 Å². The van der Waals surface area contributed by atoms with Gasteiger partial charge in [0.05, 0.1) is 0 Å². The first kappa shape index (κ1) is 14.5. The van der Waals surface area contributed by atoms with Crippen molar-refractivity contribution in [2.45, 2.75) is 71.1 Å². The van der Waals surface area contributed by atoms with Gasteiger partial charge in [0, 0.05) is 12.6 Å². The maximum absolute atomic E-state index is 2.89. The van der Waals surface area contributed by atoms with Gasteiger partial charge in [-0.3, -0.25) is 14.0 Å². The van der Waals surface area contributed by atoms with E-state index in [0.717, 1.165) is 6.04 Å². The molecule has 1 aliphatic carbocycles. The lowest BCUT2D eigenvalue weighted by Crippen LogP contribution is -2.74. The maximum Gasteiger partial charge on any atom is 0.177 e. The molecule has 4 heteroatoms. The molecule has 1 heterocycles. The molecule has 1 saturated heterocycles. The van der Waals surface area contributed by atoms with Crippen molar-refractivity contribution < 1.29 is 0 Å². The van der Waals surface area contributed by atoms with Gasteiger partial charge in [-0.05, 0) is 39.3 Å². The highest BCUT2D eigenvalue weighted by Gasteiger charge is 2.42. The average Bonchev–Trinajstić information content (AvgIpc) is 2.35.